The minimum Gasteiger partial charge on any atom is -0.337 e. The van der Waals surface area contributed by atoms with E-state index in [2.05, 4.69) is 0 Å². The number of carbonyl (C=O) groups excluding carboxylic acids is 2. The summed E-state index contributed by atoms with van der Waals surface area (Å²) in [6.07, 6.45) is 2.22. The van der Waals surface area contributed by atoms with Gasteiger partial charge in [0.25, 0.3) is 0 Å². The number of ketones is 1. The zero-order valence-corrected chi connectivity index (χ0v) is 16.1. The van der Waals surface area contributed by atoms with Gasteiger partial charge in [-0.05, 0) is 41.7 Å². The van der Waals surface area contributed by atoms with E-state index >= 15 is 0 Å². The topological polar surface area (TPSA) is 61.2 Å². The Labute approximate surface area is 169 Å². The van der Waals surface area contributed by atoms with Gasteiger partial charge in [-0.3, -0.25) is 9.59 Å². The molecular weight excluding hydrogens is 367 g/mol. The summed E-state index contributed by atoms with van der Waals surface area (Å²) in [6.45, 7) is 2.59. The molecule has 1 heterocycles. The lowest BCUT2D eigenvalue weighted by atomic mass is 9.57. The maximum Gasteiger partial charge on any atom is 0.237 e. The molecule has 0 aromatic heterocycles. The summed E-state index contributed by atoms with van der Waals surface area (Å²) in [5.74, 6) is -1.32. The predicted octanol–water partition coefficient (Wildman–Crippen LogP) is 3.78. The van der Waals surface area contributed by atoms with Crippen molar-refractivity contribution in [1.82, 2.24) is 4.90 Å². The molecule has 0 spiro atoms. The number of nitriles is 1. The Kier molecular flexibility index (Phi) is 4.79. The van der Waals surface area contributed by atoms with Gasteiger partial charge in [0.05, 0.1) is 11.0 Å². The lowest BCUT2D eigenvalue weighted by Crippen LogP contribution is -2.59. The first-order valence-corrected chi connectivity index (χ1v) is 9.74. The van der Waals surface area contributed by atoms with Crippen molar-refractivity contribution in [3.05, 3.63) is 83.2 Å². The van der Waals surface area contributed by atoms with E-state index in [0.717, 1.165) is 5.56 Å². The first-order chi connectivity index (χ1) is 14.0. The van der Waals surface area contributed by atoms with Gasteiger partial charge in [0.2, 0.25) is 5.91 Å². The van der Waals surface area contributed by atoms with Crippen LogP contribution in [0, 0.1) is 29.0 Å². The van der Waals surface area contributed by atoms with E-state index in [9.17, 15) is 19.2 Å². The SMILES string of the molecule is C[C@H]1C(=O)C(C#N)=C[C@@]2(c3ccccc3)C(=O)N(Cc3cccc(F)c3)CC[C@H]12. The highest BCUT2D eigenvalue weighted by Crippen LogP contribution is 2.49. The largest absolute Gasteiger partial charge is 0.337 e. The Balaban J connectivity index is 1.83. The molecule has 1 fully saturated rings. The quantitative estimate of drug-likeness (QED) is 0.804. The summed E-state index contributed by atoms with van der Waals surface area (Å²) in [4.78, 5) is 28.2. The molecule has 0 unspecified atom stereocenters. The van der Waals surface area contributed by atoms with Crippen molar-refractivity contribution >= 4 is 11.7 Å². The first kappa shape index (κ1) is 19.1. The second-order valence-electron chi connectivity index (χ2n) is 7.81. The van der Waals surface area contributed by atoms with E-state index < -0.39 is 11.3 Å². The molecule has 146 valence electrons. The van der Waals surface area contributed by atoms with E-state index in [1.165, 1.54) is 12.1 Å². The van der Waals surface area contributed by atoms with E-state index in [-0.39, 0.29) is 35.5 Å². The molecule has 3 atom stereocenters. The fourth-order valence-electron chi connectivity index (χ4n) is 4.81. The van der Waals surface area contributed by atoms with E-state index in [4.69, 9.17) is 0 Å². The van der Waals surface area contributed by atoms with Crippen LogP contribution < -0.4 is 0 Å². The Morgan fingerprint density at radius 2 is 1.93 bits per heavy atom. The Morgan fingerprint density at radius 3 is 2.62 bits per heavy atom. The first-order valence-electron chi connectivity index (χ1n) is 9.74. The molecule has 0 radical (unpaired) electrons. The molecule has 1 amide bonds. The van der Waals surface area contributed by atoms with Gasteiger partial charge in [0, 0.05) is 19.0 Å². The fraction of sp³-hybridized carbons (Fsp3) is 0.292. The van der Waals surface area contributed by atoms with Crippen LogP contribution in [-0.2, 0) is 21.5 Å². The number of halogens is 1. The van der Waals surface area contributed by atoms with Crippen molar-refractivity contribution in [3.8, 4) is 6.07 Å². The van der Waals surface area contributed by atoms with E-state index in [1.54, 1.807) is 23.1 Å². The number of amides is 1. The summed E-state index contributed by atoms with van der Waals surface area (Å²) in [5.41, 5.74) is 0.472. The molecule has 5 heteroatoms. The summed E-state index contributed by atoms with van der Waals surface area (Å²) >= 11 is 0. The smallest absolute Gasteiger partial charge is 0.237 e. The molecule has 1 aliphatic carbocycles. The molecule has 0 bridgehead atoms. The summed E-state index contributed by atoms with van der Waals surface area (Å²) in [5, 5.41) is 9.54. The molecule has 4 nitrogen and oxygen atoms in total. The van der Waals surface area contributed by atoms with Gasteiger partial charge in [-0.25, -0.2) is 4.39 Å². The number of fused-ring (bicyclic) bond motifs is 1. The van der Waals surface area contributed by atoms with Crippen LogP contribution in [0.4, 0.5) is 4.39 Å². The second-order valence-corrected chi connectivity index (χ2v) is 7.81. The Morgan fingerprint density at radius 1 is 1.17 bits per heavy atom. The Bertz CT molecular complexity index is 1040. The van der Waals surface area contributed by atoms with Crippen molar-refractivity contribution < 1.29 is 14.0 Å². The summed E-state index contributed by atoms with van der Waals surface area (Å²) in [6, 6.07) is 17.6. The summed E-state index contributed by atoms with van der Waals surface area (Å²) in [7, 11) is 0. The minimum atomic E-state index is -1.06. The van der Waals surface area contributed by atoms with Gasteiger partial charge in [0.1, 0.15) is 11.9 Å². The number of rotatable bonds is 3. The van der Waals surface area contributed by atoms with Crippen molar-refractivity contribution in [1.29, 1.82) is 5.26 Å². The average Bonchev–Trinajstić information content (AvgIpc) is 2.73. The number of piperidine rings is 1. The maximum absolute atomic E-state index is 13.9. The zero-order valence-electron chi connectivity index (χ0n) is 16.1. The standard InChI is InChI=1S/C24H21FN2O2/c1-16-21-10-11-27(15-17-6-5-9-20(25)12-17)23(29)24(21,13-18(14-26)22(16)28)19-7-3-2-4-8-19/h2-9,12-13,16,21H,10-11,15H2,1H3/t16-,21-,24+/m1/s1. The number of likely N-dealkylation sites (tertiary alicyclic amines) is 1. The van der Waals surface area contributed by atoms with Crippen LogP contribution in [0.3, 0.4) is 0 Å². The maximum atomic E-state index is 13.9. The number of hydrogen-bond acceptors (Lipinski definition) is 3. The number of carbonyl (C=O) groups is 2. The van der Waals surface area contributed by atoms with Crippen LogP contribution in [0.5, 0.6) is 0 Å². The fourth-order valence-corrected chi connectivity index (χ4v) is 4.81. The van der Waals surface area contributed by atoms with Gasteiger partial charge in [0.15, 0.2) is 5.78 Å². The molecule has 0 N–H and O–H groups in total. The Hall–Kier alpha value is -3.26. The van der Waals surface area contributed by atoms with Crippen molar-refractivity contribution in [3.63, 3.8) is 0 Å². The molecule has 2 aromatic carbocycles. The molecule has 2 aromatic rings. The van der Waals surface area contributed by atoms with E-state index in [0.29, 0.717) is 18.5 Å². The van der Waals surface area contributed by atoms with Gasteiger partial charge in [-0.2, -0.15) is 5.26 Å². The second kappa shape index (κ2) is 7.29. The number of Topliss-reactive ketones (excluding diaryl/α,β-unsaturated/α-hetero) is 1. The van der Waals surface area contributed by atoms with Crippen LogP contribution in [0.1, 0.15) is 24.5 Å². The minimum absolute atomic E-state index is 0.0403. The number of benzene rings is 2. The highest BCUT2D eigenvalue weighted by Gasteiger charge is 2.56. The molecular formula is C24H21FN2O2. The molecule has 4 rings (SSSR count). The van der Waals surface area contributed by atoms with Crippen LogP contribution in [0.2, 0.25) is 0 Å². The number of allylic oxidation sites excluding steroid dienone is 1. The number of nitrogens with zero attached hydrogens (tertiary/aromatic N) is 2. The van der Waals surface area contributed by atoms with Crippen LogP contribution in [0.25, 0.3) is 0 Å². The molecule has 1 saturated heterocycles. The molecule has 29 heavy (non-hydrogen) atoms. The van der Waals surface area contributed by atoms with Crippen molar-refractivity contribution in [2.75, 3.05) is 6.54 Å². The molecule has 2 aliphatic rings. The normalized spacial score (nSPS) is 26.5. The van der Waals surface area contributed by atoms with Crippen molar-refractivity contribution in [2.45, 2.75) is 25.3 Å². The van der Waals surface area contributed by atoms with Crippen LogP contribution in [0.15, 0.2) is 66.2 Å². The molecule has 0 saturated carbocycles. The van der Waals surface area contributed by atoms with Crippen molar-refractivity contribution in [2.24, 2.45) is 11.8 Å². The number of hydrogen-bond donors (Lipinski definition) is 0. The third kappa shape index (κ3) is 3.05. The zero-order chi connectivity index (χ0) is 20.6. The van der Waals surface area contributed by atoms with Crippen LogP contribution >= 0.6 is 0 Å². The predicted molar refractivity (Wildman–Crippen MR) is 106 cm³/mol. The highest BCUT2D eigenvalue weighted by molar-refractivity contribution is 6.06. The summed E-state index contributed by atoms with van der Waals surface area (Å²) < 4.78 is 13.6. The monoisotopic (exact) mass is 388 g/mol. The molecule has 1 aliphatic heterocycles. The lowest BCUT2D eigenvalue weighted by molar-refractivity contribution is -0.145. The highest BCUT2D eigenvalue weighted by atomic mass is 19.1. The van der Waals surface area contributed by atoms with Gasteiger partial charge >= 0.3 is 0 Å². The van der Waals surface area contributed by atoms with Crippen LogP contribution in [-0.4, -0.2) is 23.1 Å². The van der Waals surface area contributed by atoms with Gasteiger partial charge in [-0.15, -0.1) is 0 Å². The lowest BCUT2D eigenvalue weighted by Gasteiger charge is -2.50. The average molecular weight is 388 g/mol. The third-order valence-electron chi connectivity index (χ3n) is 6.22. The van der Waals surface area contributed by atoms with Gasteiger partial charge in [-0.1, -0.05) is 49.4 Å². The van der Waals surface area contributed by atoms with Gasteiger partial charge < -0.3 is 4.90 Å². The van der Waals surface area contributed by atoms with E-state index in [1.807, 2.05) is 43.3 Å². The third-order valence-corrected chi connectivity index (χ3v) is 6.22.